The van der Waals surface area contributed by atoms with Gasteiger partial charge in [-0.05, 0) is 63.2 Å². The van der Waals surface area contributed by atoms with Crippen LogP contribution in [-0.4, -0.2) is 81.1 Å². The number of sulfonamides is 2. The number of nitrogens with zero attached hydrogens (tertiary/aromatic N) is 3. The van der Waals surface area contributed by atoms with Crippen LogP contribution in [0.4, 0.5) is 10.1 Å². The zero-order valence-corrected chi connectivity index (χ0v) is 26.1. The zero-order valence-electron chi connectivity index (χ0n) is 24.4. The first-order valence-electron chi connectivity index (χ1n) is 13.5. The average molecular weight is 639 g/mol. The molecule has 0 saturated heterocycles. The number of aryl methyl sites for hydroxylation is 2. The summed E-state index contributed by atoms with van der Waals surface area (Å²) in [7, 11) is -6.70. The van der Waals surface area contributed by atoms with Crippen LogP contribution in [0.2, 0.25) is 0 Å². The van der Waals surface area contributed by atoms with E-state index in [-0.39, 0.29) is 64.7 Å². The molecule has 15 heteroatoms. The van der Waals surface area contributed by atoms with Crippen molar-refractivity contribution in [3.8, 4) is 5.75 Å². The Balaban J connectivity index is 1.69. The van der Waals surface area contributed by atoms with Crippen molar-refractivity contribution in [2.45, 2.75) is 56.1 Å². The Bertz CT molecular complexity index is 1670. The number of carbonyl (C=O) groups excluding carboxylic acids is 1. The van der Waals surface area contributed by atoms with E-state index in [2.05, 4.69) is 9.88 Å². The fourth-order valence-electron chi connectivity index (χ4n) is 4.91. The fraction of sp³-hybridized carbons (Fsp3) is 0.429. The number of nitrogens with one attached hydrogen (secondary N) is 1. The number of hydrogen-bond donors (Lipinski definition) is 2. The molecule has 12 nitrogen and oxygen atoms in total. The molecule has 0 saturated carbocycles. The Morgan fingerprint density at radius 3 is 2.44 bits per heavy atom. The average Bonchev–Trinajstić information content (AvgIpc) is 3.31. The Labute approximate surface area is 250 Å². The molecule has 234 valence electrons. The van der Waals surface area contributed by atoms with Crippen LogP contribution in [-0.2, 0) is 31.3 Å². The van der Waals surface area contributed by atoms with Gasteiger partial charge in [0.25, 0.3) is 10.0 Å². The molecule has 2 N–H and O–H groups in total. The highest BCUT2D eigenvalue weighted by atomic mass is 32.2. The number of likely N-dealkylation sites (N-methyl/N-ethyl adjacent to an activating group) is 1. The Morgan fingerprint density at radius 2 is 1.84 bits per heavy atom. The smallest absolute Gasteiger partial charge is 0.267 e. The molecule has 0 fully saturated rings. The topological polar surface area (TPSA) is 159 Å². The standard InChI is InChI=1S/C28H35FN4O8S2/c1-17-14-33(18(2)16-34)27(35)13-21-12-23(31-42(36,37)28-19(3)30-41-20(28)4)8-11-25(21)40-26(17)15-32(5)43(38,39)24-9-6-22(29)7-10-24/h6-12,17-18,26,31,34H,13-16H2,1-5H3. The molecule has 0 radical (unpaired) electrons. The van der Waals surface area contributed by atoms with Crippen LogP contribution in [0.3, 0.4) is 0 Å². The summed E-state index contributed by atoms with van der Waals surface area (Å²) < 4.78 is 81.1. The number of carbonyl (C=O) groups is 1. The molecule has 1 aliphatic heterocycles. The van der Waals surface area contributed by atoms with Crippen LogP contribution in [0.25, 0.3) is 0 Å². The van der Waals surface area contributed by atoms with Crippen molar-refractivity contribution in [1.82, 2.24) is 14.4 Å². The molecule has 2 heterocycles. The molecule has 1 aliphatic rings. The van der Waals surface area contributed by atoms with Crippen LogP contribution in [0, 0.1) is 25.6 Å². The van der Waals surface area contributed by atoms with Gasteiger partial charge in [0, 0.05) is 30.8 Å². The number of rotatable bonds is 9. The highest BCUT2D eigenvalue weighted by Crippen LogP contribution is 2.31. The van der Waals surface area contributed by atoms with Crippen LogP contribution in [0.1, 0.15) is 30.9 Å². The molecule has 0 spiro atoms. The number of ether oxygens (including phenoxy) is 1. The molecule has 0 bridgehead atoms. The van der Waals surface area contributed by atoms with Crippen LogP contribution in [0.15, 0.2) is 56.8 Å². The SMILES string of the molecule is Cc1noc(C)c1S(=O)(=O)Nc1ccc2c(c1)CC(=O)N(C(C)CO)CC(C)C(CN(C)S(=O)(=O)c1ccc(F)cc1)O2. The highest BCUT2D eigenvalue weighted by molar-refractivity contribution is 7.92. The second-order valence-electron chi connectivity index (χ2n) is 10.7. The molecule has 3 unspecified atom stereocenters. The maximum atomic E-state index is 13.5. The molecule has 1 aromatic heterocycles. The molecule has 43 heavy (non-hydrogen) atoms. The molecule has 0 aliphatic carbocycles. The van der Waals surface area contributed by atoms with Crippen molar-refractivity contribution in [3.63, 3.8) is 0 Å². The largest absolute Gasteiger partial charge is 0.488 e. The predicted molar refractivity (Wildman–Crippen MR) is 155 cm³/mol. The summed E-state index contributed by atoms with van der Waals surface area (Å²) in [6.07, 6.45) is -0.924. The number of hydrogen-bond acceptors (Lipinski definition) is 9. The number of aliphatic hydroxyl groups is 1. The lowest BCUT2D eigenvalue weighted by molar-refractivity contribution is -0.134. The third-order valence-electron chi connectivity index (χ3n) is 7.36. The van der Waals surface area contributed by atoms with Gasteiger partial charge in [0.15, 0.2) is 10.7 Å². The van der Waals surface area contributed by atoms with Gasteiger partial charge in [0.2, 0.25) is 15.9 Å². The normalized spacial score (nSPS) is 18.8. The van der Waals surface area contributed by atoms with Gasteiger partial charge in [0.1, 0.15) is 23.4 Å². The van der Waals surface area contributed by atoms with Crippen molar-refractivity contribution >= 4 is 31.6 Å². The first kappa shape index (κ1) is 32.4. The molecular formula is C28H35FN4O8S2. The number of benzene rings is 2. The molecule has 2 aromatic carbocycles. The van der Waals surface area contributed by atoms with Crippen molar-refractivity contribution in [3.05, 3.63) is 65.3 Å². The summed E-state index contributed by atoms with van der Waals surface area (Å²) in [5, 5.41) is 13.6. The molecule has 4 rings (SSSR count). The Morgan fingerprint density at radius 1 is 1.16 bits per heavy atom. The minimum Gasteiger partial charge on any atom is -0.488 e. The lowest BCUT2D eigenvalue weighted by Crippen LogP contribution is -2.48. The fourth-order valence-corrected chi connectivity index (χ4v) is 7.48. The number of aliphatic hydroxyl groups excluding tert-OH is 1. The summed E-state index contributed by atoms with van der Waals surface area (Å²) >= 11 is 0. The first-order valence-corrected chi connectivity index (χ1v) is 16.4. The second-order valence-corrected chi connectivity index (χ2v) is 14.4. The molecule has 3 atom stereocenters. The lowest BCUT2D eigenvalue weighted by Gasteiger charge is -2.33. The molecular weight excluding hydrogens is 603 g/mol. The van der Waals surface area contributed by atoms with E-state index in [0.29, 0.717) is 5.56 Å². The number of aromatic nitrogens is 1. The maximum Gasteiger partial charge on any atom is 0.267 e. The second kappa shape index (κ2) is 12.6. The van der Waals surface area contributed by atoms with Gasteiger partial charge in [-0.1, -0.05) is 12.1 Å². The third-order valence-corrected chi connectivity index (χ3v) is 10.8. The minimum atomic E-state index is -4.08. The van der Waals surface area contributed by atoms with E-state index in [1.54, 1.807) is 6.92 Å². The monoisotopic (exact) mass is 638 g/mol. The zero-order chi connectivity index (χ0) is 31.7. The van der Waals surface area contributed by atoms with Crippen molar-refractivity contribution in [2.24, 2.45) is 5.92 Å². The summed E-state index contributed by atoms with van der Waals surface area (Å²) in [4.78, 5) is 14.8. The van der Waals surface area contributed by atoms with Gasteiger partial charge in [-0.3, -0.25) is 9.52 Å². The molecule has 3 aromatic rings. The van der Waals surface area contributed by atoms with E-state index >= 15 is 0 Å². The summed E-state index contributed by atoms with van der Waals surface area (Å²) in [6, 6.07) is 8.42. The highest BCUT2D eigenvalue weighted by Gasteiger charge is 2.34. The van der Waals surface area contributed by atoms with Crippen LogP contribution >= 0.6 is 0 Å². The van der Waals surface area contributed by atoms with E-state index in [9.17, 15) is 31.1 Å². The predicted octanol–water partition coefficient (Wildman–Crippen LogP) is 2.70. The van der Waals surface area contributed by atoms with Crippen LogP contribution < -0.4 is 9.46 Å². The lowest BCUT2D eigenvalue weighted by atomic mass is 10.0. The van der Waals surface area contributed by atoms with E-state index in [0.717, 1.165) is 16.4 Å². The van der Waals surface area contributed by atoms with Gasteiger partial charge in [-0.25, -0.2) is 21.2 Å². The van der Waals surface area contributed by atoms with Crippen LogP contribution in [0.5, 0.6) is 5.75 Å². The number of halogens is 1. The van der Waals surface area contributed by atoms with Gasteiger partial charge in [-0.15, -0.1) is 0 Å². The van der Waals surface area contributed by atoms with Gasteiger partial charge >= 0.3 is 0 Å². The number of anilines is 1. The summed E-state index contributed by atoms with van der Waals surface area (Å²) in [5.74, 6) is -0.889. The van der Waals surface area contributed by atoms with E-state index in [1.807, 2.05) is 6.92 Å². The van der Waals surface area contributed by atoms with Crippen molar-refractivity contribution in [1.29, 1.82) is 0 Å². The van der Waals surface area contributed by atoms with E-state index in [4.69, 9.17) is 9.26 Å². The molecule has 1 amide bonds. The van der Waals surface area contributed by atoms with E-state index < -0.39 is 43.9 Å². The van der Waals surface area contributed by atoms with Crippen molar-refractivity contribution < 1.29 is 40.4 Å². The van der Waals surface area contributed by atoms with Crippen molar-refractivity contribution in [2.75, 3.05) is 31.5 Å². The minimum absolute atomic E-state index is 0.0894. The summed E-state index contributed by atoms with van der Waals surface area (Å²) in [6.45, 7) is 6.24. The van der Waals surface area contributed by atoms with Gasteiger partial charge in [0.05, 0.1) is 30.5 Å². The number of fused-ring (bicyclic) bond motifs is 1. The number of amides is 1. The van der Waals surface area contributed by atoms with Gasteiger partial charge in [-0.2, -0.15) is 4.31 Å². The quantitative estimate of drug-likeness (QED) is 0.359. The first-order chi connectivity index (χ1) is 20.1. The van der Waals surface area contributed by atoms with Gasteiger partial charge < -0.3 is 19.3 Å². The third kappa shape index (κ3) is 7.00. The Kier molecular flexibility index (Phi) is 9.49. The van der Waals surface area contributed by atoms with E-state index in [1.165, 1.54) is 56.1 Å². The summed E-state index contributed by atoms with van der Waals surface area (Å²) in [5.41, 5.74) is 0.718. The Hall–Kier alpha value is -3.53. The maximum absolute atomic E-state index is 13.5.